The molecule has 0 atom stereocenters. The molecule has 0 saturated carbocycles. The van der Waals surface area contributed by atoms with E-state index in [2.05, 4.69) is 42.4 Å². The number of hydrazone groups is 1. The predicted molar refractivity (Wildman–Crippen MR) is 112 cm³/mol. The second kappa shape index (κ2) is 8.83. The number of benzene rings is 3. The number of rotatable bonds is 5. The summed E-state index contributed by atoms with van der Waals surface area (Å²) in [5.74, 6) is 0.994. The number of para-hydroxylation sites is 1. The zero-order valence-corrected chi connectivity index (χ0v) is 17.1. The number of ether oxygens (including phenoxy) is 1. The van der Waals surface area contributed by atoms with Gasteiger partial charge in [0.05, 0.1) is 15.2 Å². The van der Waals surface area contributed by atoms with Crippen molar-refractivity contribution in [1.82, 2.24) is 5.43 Å². The molecule has 0 aliphatic carbocycles. The number of phenolic OH excluding ortho intramolecular Hbond substituents is 1. The highest BCUT2D eigenvalue weighted by molar-refractivity contribution is 9.11. The first-order valence-corrected chi connectivity index (χ1v) is 9.46. The lowest BCUT2D eigenvalue weighted by Gasteiger charge is -2.07. The molecule has 0 unspecified atom stereocenters. The third-order valence-corrected chi connectivity index (χ3v) is 4.70. The van der Waals surface area contributed by atoms with Gasteiger partial charge in [0.15, 0.2) is 0 Å². The molecule has 0 radical (unpaired) electrons. The standard InChI is InChI=1S/C20H14Br2N2O3/c21-17-9-13(10-18(22)19(17)25)12-23-24-20(26)14-5-4-8-16(11-14)27-15-6-2-1-3-7-15/h1-12,25H,(H,24,26). The fraction of sp³-hybridized carbons (Fsp3) is 0. The van der Waals surface area contributed by atoms with Gasteiger partial charge in [0, 0.05) is 5.56 Å². The third-order valence-electron chi connectivity index (χ3n) is 3.49. The largest absolute Gasteiger partial charge is 0.506 e. The SMILES string of the molecule is O=C(NN=Cc1cc(Br)c(O)c(Br)c1)c1cccc(Oc2ccccc2)c1. The molecule has 1 amide bonds. The molecule has 0 bridgehead atoms. The van der Waals surface area contributed by atoms with Gasteiger partial charge in [-0.15, -0.1) is 0 Å². The second-order valence-electron chi connectivity index (χ2n) is 5.48. The van der Waals surface area contributed by atoms with Crippen molar-refractivity contribution in [1.29, 1.82) is 0 Å². The molecule has 0 fully saturated rings. The van der Waals surface area contributed by atoms with E-state index in [1.165, 1.54) is 6.21 Å². The Hall–Kier alpha value is -2.64. The fourth-order valence-corrected chi connectivity index (χ4v) is 3.44. The molecule has 7 heteroatoms. The number of hydrogen-bond donors (Lipinski definition) is 2. The van der Waals surface area contributed by atoms with Gasteiger partial charge >= 0.3 is 0 Å². The Morgan fingerprint density at radius 3 is 2.33 bits per heavy atom. The topological polar surface area (TPSA) is 70.9 Å². The molecule has 5 nitrogen and oxygen atoms in total. The van der Waals surface area contributed by atoms with Crippen LogP contribution in [0.1, 0.15) is 15.9 Å². The van der Waals surface area contributed by atoms with Crippen molar-refractivity contribution in [2.45, 2.75) is 0 Å². The molecule has 3 aromatic rings. The van der Waals surface area contributed by atoms with Gasteiger partial charge in [-0.3, -0.25) is 4.79 Å². The summed E-state index contributed by atoms with van der Waals surface area (Å²) in [5.41, 5.74) is 3.60. The normalized spacial score (nSPS) is 10.7. The van der Waals surface area contributed by atoms with Crippen LogP contribution in [-0.4, -0.2) is 17.2 Å². The Balaban J connectivity index is 1.67. The van der Waals surface area contributed by atoms with Crippen LogP contribution in [-0.2, 0) is 0 Å². The zero-order valence-electron chi connectivity index (χ0n) is 13.9. The second-order valence-corrected chi connectivity index (χ2v) is 7.18. The summed E-state index contributed by atoms with van der Waals surface area (Å²) in [6, 6.07) is 19.5. The van der Waals surface area contributed by atoms with E-state index in [0.717, 1.165) is 0 Å². The molecule has 3 aromatic carbocycles. The first-order valence-electron chi connectivity index (χ1n) is 7.87. The Morgan fingerprint density at radius 2 is 1.63 bits per heavy atom. The average Bonchev–Trinajstić information content (AvgIpc) is 2.67. The van der Waals surface area contributed by atoms with Gasteiger partial charge in [0.1, 0.15) is 17.2 Å². The number of nitrogens with zero attached hydrogens (tertiary/aromatic N) is 1. The summed E-state index contributed by atoms with van der Waals surface area (Å²) >= 11 is 6.49. The van der Waals surface area contributed by atoms with E-state index in [1.807, 2.05) is 30.3 Å². The molecular weight excluding hydrogens is 476 g/mol. The molecule has 2 N–H and O–H groups in total. The minimum Gasteiger partial charge on any atom is -0.506 e. The Labute approximate surface area is 172 Å². The van der Waals surface area contributed by atoms with Gasteiger partial charge in [0.2, 0.25) is 0 Å². The summed E-state index contributed by atoms with van der Waals surface area (Å²) in [6.07, 6.45) is 1.48. The smallest absolute Gasteiger partial charge is 0.271 e. The van der Waals surface area contributed by atoms with E-state index in [1.54, 1.807) is 36.4 Å². The van der Waals surface area contributed by atoms with Gasteiger partial charge in [-0.1, -0.05) is 24.3 Å². The third kappa shape index (κ3) is 5.18. The lowest BCUT2D eigenvalue weighted by Crippen LogP contribution is -2.17. The maximum absolute atomic E-state index is 12.3. The number of halogens is 2. The van der Waals surface area contributed by atoms with Gasteiger partial charge in [0.25, 0.3) is 5.91 Å². The van der Waals surface area contributed by atoms with E-state index in [4.69, 9.17) is 4.74 Å². The van der Waals surface area contributed by atoms with Crippen LogP contribution in [0, 0.1) is 0 Å². The Kier molecular flexibility index (Phi) is 6.26. The molecule has 0 aromatic heterocycles. The van der Waals surface area contributed by atoms with Crippen LogP contribution in [0.4, 0.5) is 0 Å². The Bertz CT molecular complexity index is 969. The lowest BCUT2D eigenvalue weighted by molar-refractivity contribution is 0.0955. The van der Waals surface area contributed by atoms with Crippen molar-refractivity contribution in [3.8, 4) is 17.2 Å². The zero-order chi connectivity index (χ0) is 19.2. The Morgan fingerprint density at radius 1 is 0.963 bits per heavy atom. The summed E-state index contributed by atoms with van der Waals surface area (Å²) in [6.45, 7) is 0. The van der Waals surface area contributed by atoms with Crippen molar-refractivity contribution in [2.24, 2.45) is 5.10 Å². The van der Waals surface area contributed by atoms with Crippen molar-refractivity contribution in [2.75, 3.05) is 0 Å². The van der Waals surface area contributed by atoms with Crippen LogP contribution in [0.2, 0.25) is 0 Å². The number of amides is 1. The lowest BCUT2D eigenvalue weighted by atomic mass is 10.2. The minimum atomic E-state index is -0.360. The van der Waals surface area contributed by atoms with Gasteiger partial charge < -0.3 is 9.84 Å². The quantitative estimate of drug-likeness (QED) is 0.368. The number of carbonyl (C=O) groups excluding carboxylic acids is 1. The highest BCUT2D eigenvalue weighted by Gasteiger charge is 2.07. The fourth-order valence-electron chi connectivity index (χ4n) is 2.22. The highest BCUT2D eigenvalue weighted by Crippen LogP contribution is 2.32. The van der Waals surface area contributed by atoms with E-state index < -0.39 is 0 Å². The molecule has 0 aliphatic rings. The van der Waals surface area contributed by atoms with Crippen LogP contribution in [0.5, 0.6) is 17.2 Å². The molecule has 0 aliphatic heterocycles. The van der Waals surface area contributed by atoms with Crippen molar-refractivity contribution in [3.05, 3.63) is 86.8 Å². The molecule has 0 spiro atoms. The number of nitrogens with one attached hydrogen (secondary N) is 1. The van der Waals surface area contributed by atoms with Crippen LogP contribution in [0.15, 0.2) is 80.8 Å². The van der Waals surface area contributed by atoms with Gasteiger partial charge in [-0.25, -0.2) is 5.43 Å². The maximum atomic E-state index is 12.3. The van der Waals surface area contributed by atoms with Crippen LogP contribution in [0.3, 0.4) is 0 Å². The molecule has 3 rings (SSSR count). The van der Waals surface area contributed by atoms with E-state index in [9.17, 15) is 9.90 Å². The van der Waals surface area contributed by atoms with E-state index in [-0.39, 0.29) is 11.7 Å². The summed E-state index contributed by atoms with van der Waals surface area (Å²) in [5, 5.41) is 13.7. The highest BCUT2D eigenvalue weighted by atomic mass is 79.9. The summed E-state index contributed by atoms with van der Waals surface area (Å²) in [4.78, 5) is 12.3. The first kappa shape index (κ1) is 19.1. The summed E-state index contributed by atoms with van der Waals surface area (Å²) in [7, 11) is 0. The summed E-state index contributed by atoms with van der Waals surface area (Å²) < 4.78 is 6.78. The van der Waals surface area contributed by atoms with Gasteiger partial charge in [-0.2, -0.15) is 5.10 Å². The number of carbonyl (C=O) groups is 1. The average molecular weight is 490 g/mol. The van der Waals surface area contributed by atoms with E-state index in [0.29, 0.717) is 31.6 Å². The van der Waals surface area contributed by atoms with Crippen molar-refractivity contribution in [3.63, 3.8) is 0 Å². The number of phenols is 1. The number of hydrogen-bond acceptors (Lipinski definition) is 4. The maximum Gasteiger partial charge on any atom is 0.271 e. The molecular formula is C20H14Br2N2O3. The van der Waals surface area contributed by atoms with Crippen molar-refractivity contribution >= 4 is 44.0 Å². The van der Waals surface area contributed by atoms with Crippen LogP contribution in [0.25, 0.3) is 0 Å². The van der Waals surface area contributed by atoms with Crippen molar-refractivity contribution < 1.29 is 14.6 Å². The van der Waals surface area contributed by atoms with Crippen LogP contribution < -0.4 is 10.2 Å². The van der Waals surface area contributed by atoms with E-state index >= 15 is 0 Å². The molecule has 27 heavy (non-hydrogen) atoms. The first-order chi connectivity index (χ1) is 13.0. The van der Waals surface area contributed by atoms with Gasteiger partial charge in [-0.05, 0) is 79.9 Å². The molecule has 0 saturated heterocycles. The minimum absolute atomic E-state index is 0.103. The van der Waals surface area contributed by atoms with Crippen LogP contribution >= 0.6 is 31.9 Å². The molecule has 0 heterocycles. The predicted octanol–water partition coefficient (Wildman–Crippen LogP) is 5.47. The number of aromatic hydroxyl groups is 1. The molecule has 136 valence electrons. The monoisotopic (exact) mass is 488 g/mol.